The summed E-state index contributed by atoms with van der Waals surface area (Å²) >= 11 is 0. The number of aliphatic imine (C=N–C) groups is 1. The van der Waals surface area contributed by atoms with Gasteiger partial charge in [-0.3, -0.25) is 4.99 Å². The average molecular weight is 501 g/mol. The molecule has 0 spiro atoms. The van der Waals surface area contributed by atoms with Crippen LogP contribution in [0.3, 0.4) is 0 Å². The maximum Gasteiger partial charge on any atom is 0.191 e. The van der Waals surface area contributed by atoms with Gasteiger partial charge in [-0.05, 0) is 57.5 Å². The van der Waals surface area contributed by atoms with E-state index in [-0.39, 0.29) is 24.0 Å². The van der Waals surface area contributed by atoms with Crippen LogP contribution in [0.15, 0.2) is 29.4 Å². The first-order valence-electron chi connectivity index (χ1n) is 9.90. The second-order valence-electron chi connectivity index (χ2n) is 6.95. The fourth-order valence-electron chi connectivity index (χ4n) is 3.05. The van der Waals surface area contributed by atoms with E-state index in [4.69, 9.17) is 4.74 Å². The Morgan fingerprint density at radius 2 is 2.07 bits per heavy atom. The topological polar surface area (TPSA) is 64.7 Å². The number of aromatic nitrogens is 1. The van der Waals surface area contributed by atoms with Gasteiger partial charge in [0.15, 0.2) is 5.96 Å². The molecule has 0 unspecified atom stereocenters. The lowest BCUT2D eigenvalue weighted by atomic mass is 10.1. The predicted octanol–water partition coefficient (Wildman–Crippen LogP) is 3.16. The van der Waals surface area contributed by atoms with Crippen LogP contribution in [0.5, 0.6) is 0 Å². The number of fused-ring (bicyclic) bond motifs is 1. The van der Waals surface area contributed by atoms with Gasteiger partial charge in [-0.1, -0.05) is 12.1 Å². The summed E-state index contributed by atoms with van der Waals surface area (Å²) in [5.74, 6) is 0.896. The number of rotatable bonds is 11. The van der Waals surface area contributed by atoms with Crippen LogP contribution in [0.1, 0.15) is 24.5 Å². The largest absolute Gasteiger partial charge is 0.383 e. The van der Waals surface area contributed by atoms with Gasteiger partial charge in [0, 0.05) is 50.4 Å². The Kier molecular flexibility index (Phi) is 12.2. The molecule has 0 saturated carbocycles. The van der Waals surface area contributed by atoms with Crippen molar-refractivity contribution in [2.45, 2.75) is 26.7 Å². The summed E-state index contributed by atoms with van der Waals surface area (Å²) in [6.45, 7) is 9.53. The van der Waals surface area contributed by atoms with E-state index in [0.29, 0.717) is 0 Å². The summed E-state index contributed by atoms with van der Waals surface area (Å²) in [5.41, 5.74) is 3.83. The third kappa shape index (κ3) is 8.36. The summed E-state index contributed by atoms with van der Waals surface area (Å²) in [4.78, 5) is 10.3. The third-order valence-electron chi connectivity index (χ3n) is 4.60. The Morgan fingerprint density at radius 3 is 2.82 bits per heavy atom. The monoisotopic (exact) mass is 501 g/mol. The zero-order chi connectivity index (χ0) is 19.5. The number of halogens is 1. The van der Waals surface area contributed by atoms with Gasteiger partial charge in [0.05, 0.1) is 6.61 Å². The van der Waals surface area contributed by atoms with E-state index < -0.39 is 0 Å². The number of ether oxygens (including phenoxy) is 1. The molecule has 0 aliphatic rings. The number of aromatic amines is 1. The Morgan fingerprint density at radius 1 is 1.25 bits per heavy atom. The molecular formula is C21H36IN5O. The van der Waals surface area contributed by atoms with Gasteiger partial charge in [0.25, 0.3) is 0 Å². The summed E-state index contributed by atoms with van der Waals surface area (Å²) < 4.78 is 5.10. The van der Waals surface area contributed by atoms with E-state index in [1.807, 2.05) is 0 Å². The second-order valence-corrected chi connectivity index (χ2v) is 6.95. The number of H-pyrrole nitrogens is 1. The molecule has 0 bridgehead atoms. The zero-order valence-electron chi connectivity index (χ0n) is 17.7. The molecule has 28 heavy (non-hydrogen) atoms. The molecule has 0 aliphatic heterocycles. The highest BCUT2D eigenvalue weighted by molar-refractivity contribution is 14.0. The molecule has 1 aromatic heterocycles. The van der Waals surface area contributed by atoms with Crippen LogP contribution in [0.4, 0.5) is 0 Å². The highest BCUT2D eigenvalue weighted by Crippen LogP contribution is 2.19. The van der Waals surface area contributed by atoms with Crippen molar-refractivity contribution in [2.75, 3.05) is 53.5 Å². The first kappa shape index (κ1) is 24.7. The van der Waals surface area contributed by atoms with Crippen LogP contribution in [-0.2, 0) is 11.2 Å². The molecule has 0 saturated heterocycles. The molecule has 158 valence electrons. The van der Waals surface area contributed by atoms with Crippen LogP contribution in [0.25, 0.3) is 10.9 Å². The van der Waals surface area contributed by atoms with E-state index in [0.717, 1.165) is 58.1 Å². The second kappa shape index (κ2) is 13.8. The van der Waals surface area contributed by atoms with Crippen molar-refractivity contribution in [3.63, 3.8) is 0 Å². The molecule has 0 radical (unpaired) electrons. The molecule has 0 fully saturated rings. The number of hydrogen-bond donors (Lipinski definition) is 3. The fraction of sp³-hybridized carbons (Fsp3) is 0.571. The van der Waals surface area contributed by atoms with Crippen LogP contribution in [-0.4, -0.2) is 69.3 Å². The molecule has 0 aliphatic carbocycles. The quantitative estimate of drug-likeness (QED) is 0.192. The number of methoxy groups -OCH3 is 1. The Balaban J connectivity index is 0.00000392. The molecule has 1 heterocycles. The minimum atomic E-state index is 0. The maximum absolute atomic E-state index is 5.10. The minimum absolute atomic E-state index is 0. The summed E-state index contributed by atoms with van der Waals surface area (Å²) in [7, 11) is 3.86. The lowest BCUT2D eigenvalue weighted by Crippen LogP contribution is -2.38. The smallest absolute Gasteiger partial charge is 0.191 e. The average Bonchev–Trinajstić information content (AvgIpc) is 3.05. The van der Waals surface area contributed by atoms with Gasteiger partial charge < -0.3 is 25.3 Å². The van der Waals surface area contributed by atoms with Crippen molar-refractivity contribution in [1.29, 1.82) is 0 Å². The van der Waals surface area contributed by atoms with Gasteiger partial charge in [-0.2, -0.15) is 0 Å². The van der Waals surface area contributed by atoms with Crippen molar-refractivity contribution in [3.8, 4) is 0 Å². The van der Waals surface area contributed by atoms with Crippen LogP contribution in [0, 0.1) is 6.92 Å². The molecular weight excluding hydrogens is 465 g/mol. The number of nitrogens with zero attached hydrogens (tertiary/aromatic N) is 2. The predicted molar refractivity (Wildman–Crippen MR) is 130 cm³/mol. The SMILES string of the molecule is CCNC(=NCCCN(C)CCOC)NCCc1c[nH]c2cc(C)ccc12.I. The number of aryl methyl sites for hydroxylation is 1. The molecule has 3 N–H and O–H groups in total. The van der Waals surface area contributed by atoms with Gasteiger partial charge >= 0.3 is 0 Å². The van der Waals surface area contributed by atoms with E-state index in [2.05, 4.69) is 70.8 Å². The molecule has 2 rings (SSSR count). The summed E-state index contributed by atoms with van der Waals surface area (Å²) in [5, 5.41) is 8.08. The van der Waals surface area contributed by atoms with Crippen molar-refractivity contribution in [2.24, 2.45) is 4.99 Å². The van der Waals surface area contributed by atoms with Gasteiger partial charge in [0.2, 0.25) is 0 Å². The number of guanidine groups is 1. The van der Waals surface area contributed by atoms with Crippen LogP contribution >= 0.6 is 24.0 Å². The van der Waals surface area contributed by atoms with Crippen molar-refractivity contribution in [3.05, 3.63) is 35.5 Å². The van der Waals surface area contributed by atoms with Gasteiger partial charge in [-0.15, -0.1) is 24.0 Å². The highest BCUT2D eigenvalue weighted by atomic mass is 127. The highest BCUT2D eigenvalue weighted by Gasteiger charge is 2.04. The van der Waals surface area contributed by atoms with E-state index in [1.165, 1.54) is 22.0 Å². The van der Waals surface area contributed by atoms with E-state index >= 15 is 0 Å². The molecule has 1 aromatic carbocycles. The number of benzene rings is 1. The number of likely N-dealkylation sites (N-methyl/N-ethyl adjacent to an activating group) is 1. The van der Waals surface area contributed by atoms with Crippen molar-refractivity contribution in [1.82, 2.24) is 20.5 Å². The molecule has 6 nitrogen and oxygen atoms in total. The van der Waals surface area contributed by atoms with Crippen LogP contribution < -0.4 is 10.6 Å². The zero-order valence-corrected chi connectivity index (χ0v) is 20.0. The Labute approximate surface area is 186 Å². The Hall–Kier alpha value is -1.32. The summed E-state index contributed by atoms with van der Waals surface area (Å²) in [6.07, 6.45) is 4.12. The first-order valence-corrected chi connectivity index (χ1v) is 9.90. The third-order valence-corrected chi connectivity index (χ3v) is 4.60. The van der Waals surface area contributed by atoms with Crippen molar-refractivity contribution < 1.29 is 4.74 Å². The lowest BCUT2D eigenvalue weighted by molar-refractivity contribution is 0.161. The first-order chi connectivity index (χ1) is 13.1. The molecule has 0 amide bonds. The van der Waals surface area contributed by atoms with E-state index in [1.54, 1.807) is 7.11 Å². The summed E-state index contributed by atoms with van der Waals surface area (Å²) in [6, 6.07) is 6.57. The number of hydrogen-bond acceptors (Lipinski definition) is 3. The lowest BCUT2D eigenvalue weighted by Gasteiger charge is -2.15. The number of nitrogens with one attached hydrogen (secondary N) is 3. The molecule has 7 heteroatoms. The maximum atomic E-state index is 5.10. The van der Waals surface area contributed by atoms with E-state index in [9.17, 15) is 0 Å². The normalized spacial score (nSPS) is 11.7. The minimum Gasteiger partial charge on any atom is -0.383 e. The van der Waals surface area contributed by atoms with Crippen LogP contribution in [0.2, 0.25) is 0 Å². The van der Waals surface area contributed by atoms with Gasteiger partial charge in [-0.25, -0.2) is 0 Å². The fourth-order valence-corrected chi connectivity index (χ4v) is 3.05. The van der Waals surface area contributed by atoms with Crippen molar-refractivity contribution >= 4 is 40.8 Å². The Bertz CT molecular complexity index is 716. The van der Waals surface area contributed by atoms with Gasteiger partial charge in [0.1, 0.15) is 0 Å². The molecule has 2 aromatic rings. The standard InChI is InChI=1S/C21H35N5O.HI/c1-5-22-21(23-10-6-12-26(3)13-14-27-4)24-11-9-18-16-25-20-15-17(2)7-8-19(18)20;/h7-8,15-16,25H,5-6,9-14H2,1-4H3,(H2,22,23,24);1H. The molecule has 0 atom stereocenters.